The first-order chi connectivity index (χ1) is 21.4. The maximum atomic E-state index is 13.4. The molecule has 0 radical (unpaired) electrons. The summed E-state index contributed by atoms with van der Waals surface area (Å²) in [5.74, 6) is -1.86. The summed E-state index contributed by atoms with van der Waals surface area (Å²) < 4.78 is 10.2. The molecule has 2 N–H and O–H groups in total. The van der Waals surface area contributed by atoms with Crippen LogP contribution in [0, 0.1) is 0 Å². The summed E-state index contributed by atoms with van der Waals surface area (Å²) >= 11 is 0. The van der Waals surface area contributed by atoms with Crippen molar-refractivity contribution in [3.63, 3.8) is 0 Å². The van der Waals surface area contributed by atoms with Gasteiger partial charge < -0.3 is 20.1 Å². The maximum absolute atomic E-state index is 13.4. The Morgan fingerprint density at radius 3 is 1.77 bits per heavy atom. The quantitative estimate of drug-likeness (QED) is 0.109. The molecule has 0 spiro atoms. The molecule has 8 heteroatoms. The number of esters is 2. The number of hydrogen-bond donors (Lipinski definition) is 2. The Hall–Kier alpha value is -3.68. The lowest BCUT2D eigenvalue weighted by Crippen LogP contribution is -2.52. The number of methoxy groups -OCH3 is 1. The predicted molar refractivity (Wildman–Crippen MR) is 173 cm³/mol. The number of carbonyl (C=O) groups excluding carboxylic acids is 4. The summed E-state index contributed by atoms with van der Waals surface area (Å²) in [5, 5.41) is 5.57. The standard InChI is InChI=1S/C36H52N2O6/c1-3-4-5-6-7-8-9-10-11-12-19-24-33(39)37-32(27-29-20-15-13-16-21-29)35(41)38-31(36(42)43-2)25-26-34(40)44-28-30-22-17-14-18-23-30/h13-18,20-23,31-32H,3-12,19,24-28H2,1-2H3,(H,37,39)(H,38,41)/t31-,32+/m1/s1. The number of nitrogens with one attached hydrogen (secondary N) is 2. The van der Waals surface area contributed by atoms with Gasteiger partial charge in [0, 0.05) is 19.3 Å². The van der Waals surface area contributed by atoms with E-state index >= 15 is 0 Å². The molecule has 0 aliphatic rings. The van der Waals surface area contributed by atoms with E-state index in [2.05, 4.69) is 17.6 Å². The lowest BCUT2D eigenvalue weighted by atomic mass is 10.0. The molecule has 8 nitrogen and oxygen atoms in total. The van der Waals surface area contributed by atoms with Crippen molar-refractivity contribution in [3.8, 4) is 0 Å². The highest BCUT2D eigenvalue weighted by Gasteiger charge is 2.28. The fraction of sp³-hybridized carbons (Fsp3) is 0.556. The third kappa shape index (κ3) is 16.2. The molecule has 0 aromatic heterocycles. The van der Waals surface area contributed by atoms with Crippen molar-refractivity contribution in [2.45, 2.75) is 122 Å². The van der Waals surface area contributed by atoms with E-state index in [4.69, 9.17) is 9.47 Å². The molecule has 44 heavy (non-hydrogen) atoms. The zero-order valence-electron chi connectivity index (χ0n) is 26.7. The number of benzene rings is 2. The van der Waals surface area contributed by atoms with Crippen LogP contribution in [0.1, 0.15) is 108 Å². The van der Waals surface area contributed by atoms with Crippen molar-refractivity contribution < 1.29 is 28.7 Å². The van der Waals surface area contributed by atoms with E-state index in [1.54, 1.807) is 0 Å². The summed E-state index contributed by atoms with van der Waals surface area (Å²) in [6, 6.07) is 16.7. The van der Waals surface area contributed by atoms with Crippen molar-refractivity contribution >= 4 is 23.8 Å². The molecule has 2 aromatic rings. The highest BCUT2D eigenvalue weighted by molar-refractivity contribution is 5.91. The number of ether oxygens (including phenoxy) is 2. The van der Waals surface area contributed by atoms with Crippen molar-refractivity contribution in [1.29, 1.82) is 0 Å². The van der Waals surface area contributed by atoms with Crippen LogP contribution in [0.2, 0.25) is 0 Å². The Balaban J connectivity index is 1.84. The highest BCUT2D eigenvalue weighted by atomic mass is 16.5. The van der Waals surface area contributed by atoms with E-state index < -0.39 is 29.9 Å². The first-order valence-corrected chi connectivity index (χ1v) is 16.3. The molecule has 2 rings (SSSR count). The number of hydrogen-bond acceptors (Lipinski definition) is 6. The van der Waals surface area contributed by atoms with E-state index in [-0.39, 0.29) is 31.8 Å². The molecule has 2 amide bonds. The Bertz CT molecular complexity index is 1090. The highest BCUT2D eigenvalue weighted by Crippen LogP contribution is 2.13. The Labute approximate surface area is 263 Å². The van der Waals surface area contributed by atoms with Gasteiger partial charge in [-0.2, -0.15) is 0 Å². The second kappa shape index (κ2) is 22.8. The van der Waals surface area contributed by atoms with Crippen molar-refractivity contribution in [3.05, 3.63) is 71.8 Å². The summed E-state index contributed by atoms with van der Waals surface area (Å²) in [6.45, 7) is 2.36. The molecular weight excluding hydrogens is 556 g/mol. The SMILES string of the molecule is CCCCCCCCCCCCCC(=O)N[C@@H](Cc1ccccc1)C(=O)N[C@H](CCC(=O)OCc1ccccc1)C(=O)OC. The van der Waals surface area contributed by atoms with Crippen molar-refractivity contribution in [1.82, 2.24) is 10.6 Å². The van der Waals surface area contributed by atoms with E-state index in [0.717, 1.165) is 30.4 Å². The van der Waals surface area contributed by atoms with Crippen LogP contribution in [0.15, 0.2) is 60.7 Å². The molecular formula is C36H52N2O6. The van der Waals surface area contributed by atoms with Gasteiger partial charge in [0.15, 0.2) is 0 Å². The van der Waals surface area contributed by atoms with Crippen molar-refractivity contribution in [2.75, 3.05) is 7.11 Å². The van der Waals surface area contributed by atoms with Crippen LogP contribution in [0.25, 0.3) is 0 Å². The van der Waals surface area contributed by atoms with Crippen LogP contribution >= 0.6 is 0 Å². The van der Waals surface area contributed by atoms with Gasteiger partial charge in [0.2, 0.25) is 11.8 Å². The van der Waals surface area contributed by atoms with Gasteiger partial charge in [-0.15, -0.1) is 0 Å². The second-order valence-electron chi connectivity index (χ2n) is 11.4. The summed E-state index contributed by atoms with van der Waals surface area (Å²) in [5.41, 5.74) is 1.73. The van der Waals surface area contributed by atoms with Crippen LogP contribution in [0.4, 0.5) is 0 Å². The van der Waals surface area contributed by atoms with Crippen LogP contribution in [-0.2, 0) is 41.7 Å². The molecule has 0 heterocycles. The number of unbranched alkanes of at least 4 members (excludes halogenated alkanes) is 10. The molecule has 2 atom stereocenters. The van der Waals surface area contributed by atoms with E-state index in [0.29, 0.717) is 6.42 Å². The Kier molecular flexibility index (Phi) is 18.9. The fourth-order valence-corrected chi connectivity index (χ4v) is 5.01. The summed E-state index contributed by atoms with van der Waals surface area (Å²) in [4.78, 5) is 51.1. The minimum Gasteiger partial charge on any atom is -0.467 e. The first kappa shape index (κ1) is 36.5. The van der Waals surface area contributed by atoms with Crippen LogP contribution in [0.3, 0.4) is 0 Å². The second-order valence-corrected chi connectivity index (χ2v) is 11.4. The third-order valence-electron chi connectivity index (χ3n) is 7.62. The normalized spacial score (nSPS) is 12.1. The lowest BCUT2D eigenvalue weighted by molar-refractivity contribution is -0.148. The minimum atomic E-state index is -1.06. The Morgan fingerprint density at radius 1 is 0.659 bits per heavy atom. The first-order valence-electron chi connectivity index (χ1n) is 16.3. The van der Waals surface area contributed by atoms with Gasteiger partial charge in [0.25, 0.3) is 0 Å². The Morgan fingerprint density at radius 2 is 1.20 bits per heavy atom. The van der Waals surface area contributed by atoms with Crippen LogP contribution in [0.5, 0.6) is 0 Å². The molecule has 0 saturated carbocycles. The fourth-order valence-electron chi connectivity index (χ4n) is 5.01. The molecule has 0 aliphatic carbocycles. The summed E-state index contributed by atoms with van der Waals surface area (Å²) in [7, 11) is 1.23. The average molecular weight is 609 g/mol. The summed E-state index contributed by atoms with van der Waals surface area (Å²) in [6.07, 6.45) is 13.6. The maximum Gasteiger partial charge on any atom is 0.328 e. The van der Waals surface area contributed by atoms with E-state index in [1.165, 1.54) is 58.5 Å². The number of rotatable bonds is 23. The average Bonchev–Trinajstić information content (AvgIpc) is 3.04. The molecule has 0 fully saturated rings. The van der Waals surface area contributed by atoms with Gasteiger partial charge in [0.1, 0.15) is 18.7 Å². The van der Waals surface area contributed by atoms with E-state index in [1.807, 2.05) is 60.7 Å². The van der Waals surface area contributed by atoms with E-state index in [9.17, 15) is 19.2 Å². The predicted octanol–water partition coefficient (Wildman–Crippen LogP) is 6.60. The molecule has 0 unspecified atom stereocenters. The third-order valence-corrected chi connectivity index (χ3v) is 7.62. The topological polar surface area (TPSA) is 111 Å². The molecule has 242 valence electrons. The van der Waals surface area contributed by atoms with Crippen LogP contribution in [-0.4, -0.2) is 42.9 Å². The number of amides is 2. The molecule has 0 saturated heterocycles. The largest absolute Gasteiger partial charge is 0.467 e. The molecule has 2 aromatic carbocycles. The molecule has 0 bridgehead atoms. The minimum absolute atomic E-state index is 0.0107. The molecule has 0 aliphatic heterocycles. The number of carbonyl (C=O) groups is 4. The van der Waals surface area contributed by atoms with Gasteiger partial charge >= 0.3 is 11.9 Å². The monoisotopic (exact) mass is 608 g/mol. The smallest absolute Gasteiger partial charge is 0.328 e. The zero-order valence-corrected chi connectivity index (χ0v) is 26.7. The van der Waals surface area contributed by atoms with Gasteiger partial charge in [-0.05, 0) is 24.0 Å². The zero-order chi connectivity index (χ0) is 31.8. The van der Waals surface area contributed by atoms with Crippen molar-refractivity contribution in [2.24, 2.45) is 0 Å². The van der Waals surface area contributed by atoms with Crippen LogP contribution < -0.4 is 10.6 Å². The van der Waals surface area contributed by atoms with Gasteiger partial charge in [-0.1, -0.05) is 132 Å². The van der Waals surface area contributed by atoms with Gasteiger partial charge in [-0.3, -0.25) is 14.4 Å². The lowest BCUT2D eigenvalue weighted by Gasteiger charge is -2.22. The van der Waals surface area contributed by atoms with Gasteiger partial charge in [0.05, 0.1) is 7.11 Å². The van der Waals surface area contributed by atoms with Gasteiger partial charge in [-0.25, -0.2) is 4.79 Å².